The average molecular weight is 1330 g/mol. The van der Waals surface area contributed by atoms with Crippen LogP contribution < -0.4 is 0 Å². The highest BCUT2D eigenvalue weighted by Crippen LogP contribution is 2.43. The van der Waals surface area contributed by atoms with Gasteiger partial charge in [-0.1, -0.05) is 396 Å². The van der Waals surface area contributed by atoms with Crippen LogP contribution in [-0.4, -0.2) is 74.9 Å². The molecular weight excluding hydrogens is 1170 g/mol. The molecule has 0 spiro atoms. The van der Waals surface area contributed by atoms with E-state index in [0.29, 0.717) is 23.9 Å². The fourth-order valence-electron chi connectivity index (χ4n) is 12.2. The van der Waals surface area contributed by atoms with E-state index in [0.717, 1.165) is 70.6 Å². The van der Waals surface area contributed by atoms with Gasteiger partial charge < -0.3 is 18.9 Å². The Bertz CT molecular complexity index is 1750. The fourth-order valence-corrected chi connectivity index (χ4v) is 12.9. The molecule has 2 unspecified atom stereocenters. The number of carbonyl (C=O) groups excluding carboxylic acids is 2. The number of quaternary nitrogens is 1. The molecule has 93 heavy (non-hydrogen) atoms. The van der Waals surface area contributed by atoms with Crippen LogP contribution in [0.5, 0.6) is 0 Å². The molecule has 0 rings (SSSR count). The molecule has 0 fully saturated rings. The van der Waals surface area contributed by atoms with Gasteiger partial charge in [0.15, 0.2) is 6.10 Å². The zero-order valence-electron chi connectivity index (χ0n) is 62.5. The second kappa shape index (κ2) is 73.9. The first-order valence-electron chi connectivity index (χ1n) is 40.5. The lowest BCUT2D eigenvalue weighted by Gasteiger charge is -2.24. The number of likely N-dealkylation sites (N-methyl/N-ethyl adjacent to an activating group) is 1. The maximum Gasteiger partial charge on any atom is 0.472 e. The first-order chi connectivity index (χ1) is 45.5. The van der Waals surface area contributed by atoms with Gasteiger partial charge in [-0.3, -0.25) is 18.6 Å². The third kappa shape index (κ3) is 78.6. The molecule has 546 valence electrons. The minimum atomic E-state index is -4.40. The van der Waals surface area contributed by atoms with Crippen molar-refractivity contribution in [3.63, 3.8) is 0 Å². The van der Waals surface area contributed by atoms with E-state index < -0.39 is 26.5 Å². The van der Waals surface area contributed by atoms with Crippen LogP contribution in [0.25, 0.3) is 0 Å². The van der Waals surface area contributed by atoms with Gasteiger partial charge in [-0.25, -0.2) is 4.57 Å². The molecule has 0 aromatic heterocycles. The highest BCUT2D eigenvalue weighted by molar-refractivity contribution is 7.47. The summed E-state index contributed by atoms with van der Waals surface area (Å²) >= 11 is 0. The van der Waals surface area contributed by atoms with E-state index in [-0.39, 0.29) is 25.6 Å². The first kappa shape index (κ1) is 90.7. The number of unbranched alkanes of at least 4 members (excludes halogenated alkanes) is 52. The minimum Gasteiger partial charge on any atom is -0.462 e. The zero-order valence-corrected chi connectivity index (χ0v) is 63.4. The Kier molecular flexibility index (Phi) is 72.1. The summed E-state index contributed by atoms with van der Waals surface area (Å²) in [6.07, 6.45) is 99.6. The maximum atomic E-state index is 12.9. The number of hydrogen-bond acceptors (Lipinski definition) is 7. The second-order valence-electron chi connectivity index (χ2n) is 28.8. The standard InChI is InChI=1S/C83H156NO8P/c1-6-8-10-12-14-16-18-20-22-24-26-28-30-32-34-36-37-38-39-40-41-42-43-44-45-46-48-49-51-53-55-57-59-61-63-65-67-69-71-73-75-82(85)89-79-81(80-91-93(87,88)90-78-77-84(3,4)5)92-83(86)76-74-72-70-68-66-64-62-60-58-56-54-52-50-47-35-33-31-29-27-25-23-21-19-17-15-13-11-9-7-2/h9,11,15,17,21,23,27,29,33,35,81H,6-8,10,12-14,16,18-20,22,24-26,28,30-32,34,36-80H2,1-5H3/p+1/b11-9-,17-15-,23-21-,29-27-,35-33-. The second-order valence-corrected chi connectivity index (χ2v) is 30.2. The summed E-state index contributed by atoms with van der Waals surface area (Å²) in [6.45, 7) is 4.39. The molecule has 0 aromatic rings. The van der Waals surface area contributed by atoms with Crippen molar-refractivity contribution in [1.29, 1.82) is 0 Å². The molecule has 0 heterocycles. The van der Waals surface area contributed by atoms with Crippen LogP contribution in [0, 0.1) is 0 Å². The van der Waals surface area contributed by atoms with Crippen LogP contribution >= 0.6 is 7.82 Å². The number of esters is 2. The predicted molar refractivity (Wildman–Crippen MR) is 404 cm³/mol. The molecule has 0 aromatic carbocycles. The number of phosphoric ester groups is 1. The summed E-state index contributed by atoms with van der Waals surface area (Å²) in [7, 11) is 1.49. The van der Waals surface area contributed by atoms with Crippen molar-refractivity contribution < 1.29 is 42.1 Å². The molecule has 0 saturated heterocycles. The number of phosphoric acid groups is 1. The maximum absolute atomic E-state index is 12.9. The lowest BCUT2D eigenvalue weighted by atomic mass is 10.0. The normalized spacial score (nSPS) is 13.3. The SMILES string of the molecule is CC/C=C\C/C=C\C/C=C\C/C=C\C/C=C\CCCCCCCCCCCCCCCC(=O)OC(COC(=O)CCCCCCCCCCCCCCCCCCCCCCCCCCCCCCCCCCCCCCCCCC)COP(=O)(O)OCC[N+](C)(C)C. The summed E-state index contributed by atoms with van der Waals surface area (Å²) in [5.74, 6) is -0.780. The number of hydrogen-bond donors (Lipinski definition) is 1. The quantitative estimate of drug-likeness (QED) is 0.0211. The van der Waals surface area contributed by atoms with E-state index >= 15 is 0 Å². The number of rotatable bonds is 76. The fraction of sp³-hybridized carbons (Fsp3) is 0.855. The Morgan fingerprint density at radius 3 is 0.914 bits per heavy atom. The molecule has 0 aliphatic rings. The van der Waals surface area contributed by atoms with Gasteiger partial charge in [-0.2, -0.15) is 0 Å². The van der Waals surface area contributed by atoms with Gasteiger partial charge in [0.1, 0.15) is 19.8 Å². The van der Waals surface area contributed by atoms with Crippen molar-refractivity contribution in [2.24, 2.45) is 0 Å². The van der Waals surface area contributed by atoms with E-state index in [1.54, 1.807) is 0 Å². The molecule has 0 amide bonds. The van der Waals surface area contributed by atoms with E-state index in [1.807, 2.05) is 21.1 Å². The highest BCUT2D eigenvalue weighted by atomic mass is 31.2. The molecule has 0 aliphatic carbocycles. The summed E-state index contributed by atoms with van der Waals surface area (Å²) in [5.41, 5.74) is 0. The molecule has 0 saturated carbocycles. The van der Waals surface area contributed by atoms with Gasteiger partial charge in [0.2, 0.25) is 0 Å². The molecular formula is C83H157NO8P+. The van der Waals surface area contributed by atoms with Crippen LogP contribution in [0.1, 0.15) is 406 Å². The van der Waals surface area contributed by atoms with Gasteiger partial charge >= 0.3 is 19.8 Å². The number of carbonyl (C=O) groups is 2. The zero-order chi connectivity index (χ0) is 67.6. The van der Waals surface area contributed by atoms with E-state index in [9.17, 15) is 19.0 Å². The monoisotopic (exact) mass is 1330 g/mol. The summed E-state index contributed by atoms with van der Waals surface area (Å²) in [4.78, 5) is 36.0. The summed E-state index contributed by atoms with van der Waals surface area (Å²) in [6, 6.07) is 0. The largest absolute Gasteiger partial charge is 0.472 e. The van der Waals surface area contributed by atoms with Crippen molar-refractivity contribution in [2.45, 2.75) is 412 Å². The van der Waals surface area contributed by atoms with Crippen molar-refractivity contribution in [3.8, 4) is 0 Å². The number of ether oxygens (including phenoxy) is 2. The third-order valence-electron chi connectivity index (χ3n) is 18.3. The van der Waals surface area contributed by atoms with Crippen molar-refractivity contribution in [3.05, 3.63) is 60.8 Å². The van der Waals surface area contributed by atoms with Crippen LogP contribution in [-0.2, 0) is 32.7 Å². The minimum absolute atomic E-state index is 0.0322. The Labute approximate surface area is 578 Å². The number of allylic oxidation sites excluding steroid dienone is 10. The van der Waals surface area contributed by atoms with E-state index in [1.165, 1.54) is 302 Å². The van der Waals surface area contributed by atoms with Crippen LogP contribution in [0.4, 0.5) is 0 Å². The lowest BCUT2D eigenvalue weighted by Crippen LogP contribution is -2.37. The van der Waals surface area contributed by atoms with Gasteiger partial charge in [0.25, 0.3) is 0 Å². The van der Waals surface area contributed by atoms with Crippen LogP contribution in [0.3, 0.4) is 0 Å². The molecule has 10 heteroatoms. The Morgan fingerprint density at radius 2 is 0.613 bits per heavy atom. The highest BCUT2D eigenvalue weighted by Gasteiger charge is 2.27. The molecule has 2 atom stereocenters. The van der Waals surface area contributed by atoms with Crippen LogP contribution in [0.15, 0.2) is 60.8 Å². The van der Waals surface area contributed by atoms with Crippen molar-refractivity contribution in [2.75, 3.05) is 47.5 Å². The summed E-state index contributed by atoms with van der Waals surface area (Å²) in [5, 5.41) is 0. The van der Waals surface area contributed by atoms with E-state index in [4.69, 9.17) is 18.5 Å². The van der Waals surface area contributed by atoms with Gasteiger partial charge in [-0.15, -0.1) is 0 Å². The van der Waals surface area contributed by atoms with Gasteiger partial charge in [-0.05, 0) is 57.8 Å². The molecule has 0 aliphatic heterocycles. The molecule has 0 radical (unpaired) electrons. The third-order valence-corrected chi connectivity index (χ3v) is 19.3. The van der Waals surface area contributed by atoms with Crippen molar-refractivity contribution in [1.82, 2.24) is 0 Å². The smallest absolute Gasteiger partial charge is 0.462 e. The summed E-state index contributed by atoms with van der Waals surface area (Å²) < 4.78 is 34.8. The topological polar surface area (TPSA) is 108 Å². The van der Waals surface area contributed by atoms with Gasteiger partial charge in [0, 0.05) is 12.8 Å². The number of nitrogens with zero attached hydrogens (tertiary/aromatic N) is 1. The van der Waals surface area contributed by atoms with Crippen LogP contribution in [0.2, 0.25) is 0 Å². The first-order valence-corrected chi connectivity index (χ1v) is 42.0. The van der Waals surface area contributed by atoms with Gasteiger partial charge in [0.05, 0.1) is 27.7 Å². The molecule has 9 nitrogen and oxygen atoms in total. The predicted octanol–water partition coefficient (Wildman–Crippen LogP) is 26.9. The molecule has 1 N–H and O–H groups in total. The van der Waals surface area contributed by atoms with E-state index in [2.05, 4.69) is 74.6 Å². The Morgan fingerprint density at radius 1 is 0.344 bits per heavy atom. The average Bonchev–Trinajstić information content (AvgIpc) is 2.61. The lowest BCUT2D eigenvalue weighted by molar-refractivity contribution is -0.870. The van der Waals surface area contributed by atoms with Crippen molar-refractivity contribution >= 4 is 19.8 Å². The molecule has 0 bridgehead atoms. The Hall–Kier alpha value is -2.29. The Balaban J connectivity index is 3.89.